The van der Waals surface area contributed by atoms with Crippen molar-refractivity contribution in [3.05, 3.63) is 0 Å². The van der Waals surface area contributed by atoms with Gasteiger partial charge >= 0.3 is 0 Å². The first-order chi connectivity index (χ1) is 7.97. The van der Waals surface area contributed by atoms with Crippen molar-refractivity contribution in [2.75, 3.05) is 26.2 Å². The van der Waals surface area contributed by atoms with Gasteiger partial charge in [-0.3, -0.25) is 9.69 Å². The molecule has 1 rings (SSSR count). The van der Waals surface area contributed by atoms with Gasteiger partial charge < -0.3 is 10.6 Å². The summed E-state index contributed by atoms with van der Waals surface area (Å²) in [4.78, 5) is 16.7. The van der Waals surface area contributed by atoms with E-state index in [0.29, 0.717) is 4.99 Å². The van der Waals surface area contributed by atoms with Crippen molar-refractivity contribution in [1.82, 2.24) is 9.80 Å². The van der Waals surface area contributed by atoms with Gasteiger partial charge in [0.1, 0.15) is 0 Å². The molecule has 0 bridgehead atoms. The van der Waals surface area contributed by atoms with Crippen LogP contribution < -0.4 is 5.73 Å². The Morgan fingerprint density at radius 3 is 2.24 bits per heavy atom. The summed E-state index contributed by atoms with van der Waals surface area (Å²) in [6, 6.07) is 0.130. The largest absolute Gasteiger partial charge is 0.392 e. The predicted molar refractivity (Wildman–Crippen MR) is 73.9 cm³/mol. The van der Waals surface area contributed by atoms with Crippen LogP contribution in [0, 0.1) is 5.92 Å². The molecular formula is C12H23N3OS. The predicted octanol–water partition coefficient (Wildman–Crippen LogP) is 0.851. The number of hydrogen-bond donors (Lipinski definition) is 1. The summed E-state index contributed by atoms with van der Waals surface area (Å²) in [5.74, 6) is 0.407. The Labute approximate surface area is 109 Å². The molecule has 5 heteroatoms. The van der Waals surface area contributed by atoms with E-state index in [1.165, 1.54) is 0 Å². The third-order valence-corrected chi connectivity index (χ3v) is 3.96. The number of hydrogen-bond acceptors (Lipinski definition) is 3. The molecule has 1 aliphatic rings. The second-order valence-corrected chi connectivity index (χ2v) is 5.22. The number of rotatable bonds is 4. The van der Waals surface area contributed by atoms with Crippen LogP contribution in [-0.4, -0.2) is 52.9 Å². The second kappa shape index (κ2) is 6.31. The minimum Gasteiger partial charge on any atom is -0.392 e. The van der Waals surface area contributed by atoms with Crippen molar-refractivity contribution < 1.29 is 4.79 Å². The Balaban J connectivity index is 2.45. The normalized spacial score (nSPS) is 21.0. The fraction of sp³-hybridized carbons (Fsp3) is 0.833. The Hall–Kier alpha value is -0.680. The smallest absolute Gasteiger partial charge is 0.225 e. The topological polar surface area (TPSA) is 49.6 Å². The van der Waals surface area contributed by atoms with Crippen molar-refractivity contribution >= 4 is 23.1 Å². The summed E-state index contributed by atoms with van der Waals surface area (Å²) >= 11 is 5.00. The lowest BCUT2D eigenvalue weighted by atomic mass is 10.1. The second-order valence-electron chi connectivity index (χ2n) is 4.75. The van der Waals surface area contributed by atoms with Gasteiger partial charge in [0.05, 0.1) is 11.0 Å². The van der Waals surface area contributed by atoms with Gasteiger partial charge in [-0.15, -0.1) is 0 Å². The van der Waals surface area contributed by atoms with Crippen molar-refractivity contribution in [1.29, 1.82) is 0 Å². The number of carbonyl (C=O) groups excluding carboxylic acids is 1. The van der Waals surface area contributed by atoms with E-state index in [-0.39, 0.29) is 17.9 Å². The highest BCUT2D eigenvalue weighted by Crippen LogP contribution is 2.11. The van der Waals surface area contributed by atoms with Gasteiger partial charge in [0, 0.05) is 32.1 Å². The van der Waals surface area contributed by atoms with Gasteiger partial charge in [0.2, 0.25) is 5.91 Å². The molecule has 0 aromatic rings. The summed E-state index contributed by atoms with van der Waals surface area (Å²) in [6.45, 7) is 9.36. The Kier molecular flexibility index (Phi) is 5.33. The lowest BCUT2D eigenvalue weighted by Gasteiger charge is -2.38. The minimum absolute atomic E-state index is 0.130. The van der Waals surface area contributed by atoms with Gasteiger partial charge in [0.25, 0.3) is 0 Å². The molecule has 1 aliphatic heterocycles. The summed E-state index contributed by atoms with van der Waals surface area (Å²) < 4.78 is 0. The zero-order valence-electron chi connectivity index (χ0n) is 11.0. The molecule has 2 N–H and O–H groups in total. The van der Waals surface area contributed by atoms with Crippen LogP contribution in [0.1, 0.15) is 27.2 Å². The fourth-order valence-electron chi connectivity index (χ4n) is 2.00. The van der Waals surface area contributed by atoms with Gasteiger partial charge in [-0.25, -0.2) is 0 Å². The molecule has 2 atom stereocenters. The summed E-state index contributed by atoms with van der Waals surface area (Å²) in [7, 11) is 0. The highest BCUT2D eigenvalue weighted by molar-refractivity contribution is 7.80. The monoisotopic (exact) mass is 257 g/mol. The van der Waals surface area contributed by atoms with Crippen LogP contribution in [0.5, 0.6) is 0 Å². The molecule has 98 valence electrons. The highest BCUT2D eigenvalue weighted by atomic mass is 32.1. The molecule has 0 aliphatic carbocycles. The minimum atomic E-state index is 0.130. The SMILES string of the molecule is CCC(C)C(=O)N1CCN(C(C)C(N)=S)CC1. The van der Waals surface area contributed by atoms with Gasteiger partial charge in [-0.2, -0.15) is 0 Å². The fourth-order valence-corrected chi connectivity index (χ4v) is 2.14. The molecule has 0 aromatic carbocycles. The van der Waals surface area contributed by atoms with E-state index in [0.717, 1.165) is 32.6 Å². The Morgan fingerprint density at radius 1 is 1.29 bits per heavy atom. The van der Waals surface area contributed by atoms with Crippen LogP contribution in [-0.2, 0) is 4.79 Å². The van der Waals surface area contributed by atoms with E-state index in [4.69, 9.17) is 18.0 Å². The average Bonchev–Trinajstić information content (AvgIpc) is 2.36. The Morgan fingerprint density at radius 2 is 1.82 bits per heavy atom. The molecule has 2 unspecified atom stereocenters. The maximum Gasteiger partial charge on any atom is 0.225 e. The van der Waals surface area contributed by atoms with Crippen molar-refractivity contribution in [2.45, 2.75) is 33.2 Å². The molecule has 1 amide bonds. The van der Waals surface area contributed by atoms with Crippen LogP contribution in [0.25, 0.3) is 0 Å². The third-order valence-electron chi connectivity index (χ3n) is 3.62. The van der Waals surface area contributed by atoms with E-state index in [1.54, 1.807) is 0 Å². The van der Waals surface area contributed by atoms with Crippen molar-refractivity contribution in [3.8, 4) is 0 Å². The molecular weight excluding hydrogens is 234 g/mol. The molecule has 17 heavy (non-hydrogen) atoms. The number of amides is 1. The van der Waals surface area contributed by atoms with Crippen molar-refractivity contribution in [2.24, 2.45) is 11.7 Å². The maximum absolute atomic E-state index is 12.0. The maximum atomic E-state index is 12.0. The van der Waals surface area contributed by atoms with Crippen LogP contribution in [0.3, 0.4) is 0 Å². The zero-order chi connectivity index (χ0) is 13.0. The summed E-state index contributed by atoms with van der Waals surface area (Å²) in [5, 5.41) is 0. The molecule has 4 nitrogen and oxygen atoms in total. The number of thiocarbonyl (C=S) groups is 1. The van der Waals surface area contributed by atoms with Crippen molar-refractivity contribution in [3.63, 3.8) is 0 Å². The molecule has 1 heterocycles. The van der Waals surface area contributed by atoms with Gasteiger partial charge in [-0.1, -0.05) is 26.1 Å². The number of piperazine rings is 1. The summed E-state index contributed by atoms with van der Waals surface area (Å²) in [5.41, 5.74) is 5.64. The molecule has 0 aromatic heterocycles. The van der Waals surface area contributed by atoms with E-state index < -0.39 is 0 Å². The summed E-state index contributed by atoms with van der Waals surface area (Å²) in [6.07, 6.45) is 0.905. The van der Waals surface area contributed by atoms with E-state index in [2.05, 4.69) is 4.90 Å². The zero-order valence-corrected chi connectivity index (χ0v) is 11.8. The van der Waals surface area contributed by atoms with Crippen LogP contribution in [0.4, 0.5) is 0 Å². The number of nitrogens with two attached hydrogens (primary N) is 1. The average molecular weight is 257 g/mol. The first kappa shape index (κ1) is 14.4. The first-order valence-electron chi connectivity index (χ1n) is 6.29. The lowest BCUT2D eigenvalue weighted by molar-refractivity contribution is -0.136. The van der Waals surface area contributed by atoms with Gasteiger partial charge in [-0.05, 0) is 13.3 Å². The van der Waals surface area contributed by atoms with E-state index in [9.17, 15) is 4.79 Å². The molecule has 0 radical (unpaired) electrons. The number of carbonyl (C=O) groups is 1. The van der Waals surface area contributed by atoms with Crippen LogP contribution in [0.15, 0.2) is 0 Å². The lowest BCUT2D eigenvalue weighted by Crippen LogP contribution is -2.54. The molecule has 1 saturated heterocycles. The molecule has 0 saturated carbocycles. The Bertz CT molecular complexity index is 287. The molecule has 1 fully saturated rings. The highest BCUT2D eigenvalue weighted by Gasteiger charge is 2.26. The van der Waals surface area contributed by atoms with Crippen LogP contribution in [0.2, 0.25) is 0 Å². The van der Waals surface area contributed by atoms with Crippen LogP contribution >= 0.6 is 12.2 Å². The van der Waals surface area contributed by atoms with E-state index >= 15 is 0 Å². The standard InChI is InChI=1S/C12H23N3OS/c1-4-9(2)12(16)15-7-5-14(6-8-15)10(3)11(13)17/h9-10H,4-8H2,1-3H3,(H2,13,17). The van der Waals surface area contributed by atoms with Gasteiger partial charge in [0.15, 0.2) is 0 Å². The number of nitrogens with zero attached hydrogens (tertiary/aromatic N) is 2. The third kappa shape index (κ3) is 3.64. The molecule has 0 spiro atoms. The van der Waals surface area contributed by atoms with E-state index in [1.807, 2.05) is 25.7 Å². The first-order valence-corrected chi connectivity index (χ1v) is 6.70. The quantitative estimate of drug-likeness (QED) is 0.759.